The number of hydrogen-bond acceptors (Lipinski definition) is 4. The van der Waals surface area contributed by atoms with Crippen molar-refractivity contribution in [2.24, 2.45) is 0 Å². The second-order valence-corrected chi connectivity index (χ2v) is 6.18. The number of rotatable bonds is 1. The first-order valence-electron chi connectivity index (χ1n) is 8.23. The van der Waals surface area contributed by atoms with Crippen molar-refractivity contribution in [3.05, 3.63) is 65.9 Å². The van der Waals surface area contributed by atoms with Gasteiger partial charge in [0, 0.05) is 17.1 Å². The Morgan fingerprint density at radius 3 is 2.72 bits per heavy atom. The second kappa shape index (κ2) is 5.77. The van der Waals surface area contributed by atoms with Crippen LogP contribution in [0.1, 0.15) is 35.8 Å². The predicted molar refractivity (Wildman–Crippen MR) is 94.5 cm³/mol. The molecule has 0 spiro atoms. The fourth-order valence-corrected chi connectivity index (χ4v) is 3.41. The minimum Gasteiger partial charge on any atom is -0.507 e. The molecule has 0 saturated heterocycles. The van der Waals surface area contributed by atoms with Crippen LogP contribution in [-0.2, 0) is 0 Å². The van der Waals surface area contributed by atoms with Crippen molar-refractivity contribution in [3.8, 4) is 11.5 Å². The van der Waals surface area contributed by atoms with Crippen molar-refractivity contribution >= 4 is 16.8 Å². The molecule has 1 N–H and O–H groups in total. The van der Waals surface area contributed by atoms with Crippen molar-refractivity contribution in [3.63, 3.8) is 0 Å². The van der Waals surface area contributed by atoms with Gasteiger partial charge in [0.2, 0.25) is 0 Å². The minimum absolute atomic E-state index is 0.0297. The summed E-state index contributed by atoms with van der Waals surface area (Å²) >= 11 is 0. The van der Waals surface area contributed by atoms with E-state index in [1.54, 1.807) is 29.3 Å². The summed E-state index contributed by atoms with van der Waals surface area (Å²) in [4.78, 5) is 19.1. The maximum atomic E-state index is 13.0. The standard InChI is InChI=1S/C20H18N2O3/c1-12-15-10-9-14-6-5-11-21-18(14)19(15)25-13(2)22(12)20(24)16-7-3-4-8-17(16)23/h3-13,23H,1-2H3/t12-,13-/m0/s1. The molecule has 0 saturated carbocycles. The average molecular weight is 334 g/mol. The summed E-state index contributed by atoms with van der Waals surface area (Å²) in [5.41, 5.74) is 1.98. The van der Waals surface area contributed by atoms with E-state index in [2.05, 4.69) is 4.98 Å². The highest BCUT2D eigenvalue weighted by atomic mass is 16.5. The van der Waals surface area contributed by atoms with E-state index in [0.29, 0.717) is 0 Å². The average Bonchev–Trinajstić information content (AvgIpc) is 2.62. The monoisotopic (exact) mass is 334 g/mol. The van der Waals surface area contributed by atoms with Gasteiger partial charge in [0.25, 0.3) is 5.91 Å². The summed E-state index contributed by atoms with van der Waals surface area (Å²) in [7, 11) is 0. The first-order valence-corrected chi connectivity index (χ1v) is 8.23. The third-order valence-electron chi connectivity index (χ3n) is 4.68. The number of amides is 1. The number of ether oxygens (including phenoxy) is 1. The lowest BCUT2D eigenvalue weighted by atomic mass is 9.99. The fourth-order valence-electron chi connectivity index (χ4n) is 3.41. The molecule has 0 fully saturated rings. The number of aromatic nitrogens is 1. The lowest BCUT2D eigenvalue weighted by Crippen LogP contribution is -2.46. The number of phenols is 1. The van der Waals surface area contributed by atoms with Gasteiger partial charge >= 0.3 is 0 Å². The van der Waals surface area contributed by atoms with E-state index in [9.17, 15) is 9.90 Å². The number of carbonyl (C=O) groups excluding carboxylic acids is 1. The smallest absolute Gasteiger partial charge is 0.260 e. The van der Waals surface area contributed by atoms with E-state index >= 15 is 0 Å². The summed E-state index contributed by atoms with van der Waals surface area (Å²) in [6.07, 6.45) is 1.27. The van der Waals surface area contributed by atoms with Gasteiger partial charge in [0.05, 0.1) is 11.6 Å². The molecule has 25 heavy (non-hydrogen) atoms. The van der Waals surface area contributed by atoms with E-state index in [1.807, 2.05) is 38.1 Å². The molecular formula is C20H18N2O3. The van der Waals surface area contributed by atoms with Crippen LogP contribution in [0.4, 0.5) is 0 Å². The van der Waals surface area contributed by atoms with Crippen LogP contribution >= 0.6 is 0 Å². The summed E-state index contributed by atoms with van der Waals surface area (Å²) in [5, 5.41) is 11.0. The summed E-state index contributed by atoms with van der Waals surface area (Å²) in [6.45, 7) is 3.80. The van der Waals surface area contributed by atoms with E-state index in [1.165, 1.54) is 6.07 Å². The number of benzene rings is 2. The highest BCUT2D eigenvalue weighted by molar-refractivity contribution is 5.97. The fraction of sp³-hybridized carbons (Fsp3) is 0.200. The van der Waals surface area contributed by atoms with Crippen molar-refractivity contribution in [2.75, 3.05) is 0 Å². The number of carbonyl (C=O) groups is 1. The van der Waals surface area contributed by atoms with Crippen LogP contribution in [0.3, 0.4) is 0 Å². The van der Waals surface area contributed by atoms with Crippen LogP contribution in [0.25, 0.3) is 10.9 Å². The molecule has 0 aliphatic carbocycles. The van der Waals surface area contributed by atoms with Gasteiger partial charge in [-0.15, -0.1) is 0 Å². The number of hydrogen-bond donors (Lipinski definition) is 1. The number of aromatic hydroxyl groups is 1. The first-order chi connectivity index (χ1) is 12.1. The number of pyridine rings is 1. The molecule has 1 aliphatic heterocycles. The summed E-state index contributed by atoms with van der Waals surface area (Å²) in [5.74, 6) is 0.433. The zero-order chi connectivity index (χ0) is 17.6. The summed E-state index contributed by atoms with van der Waals surface area (Å²) in [6, 6.07) is 14.2. The molecule has 1 aromatic heterocycles. The van der Waals surface area contributed by atoms with E-state index in [4.69, 9.17) is 4.74 Å². The first kappa shape index (κ1) is 15.4. The maximum Gasteiger partial charge on any atom is 0.260 e. The topological polar surface area (TPSA) is 62.7 Å². The highest BCUT2D eigenvalue weighted by Crippen LogP contribution is 2.41. The van der Waals surface area contributed by atoms with E-state index in [0.717, 1.165) is 22.2 Å². The van der Waals surface area contributed by atoms with Crippen LogP contribution in [0, 0.1) is 0 Å². The largest absolute Gasteiger partial charge is 0.507 e. The Bertz CT molecular complexity index is 970. The molecule has 0 bridgehead atoms. The quantitative estimate of drug-likeness (QED) is 0.733. The lowest BCUT2D eigenvalue weighted by Gasteiger charge is -2.40. The molecule has 2 heterocycles. The van der Waals surface area contributed by atoms with Crippen LogP contribution < -0.4 is 4.74 Å². The molecule has 126 valence electrons. The Morgan fingerprint density at radius 2 is 1.92 bits per heavy atom. The Kier molecular flexibility index (Phi) is 3.57. The molecule has 0 radical (unpaired) electrons. The minimum atomic E-state index is -0.470. The van der Waals surface area contributed by atoms with Gasteiger partial charge in [-0.25, -0.2) is 0 Å². The van der Waals surface area contributed by atoms with Gasteiger partial charge in [-0.05, 0) is 32.0 Å². The number of phenolic OH excluding ortho intramolecular Hbond substituents is 1. The molecule has 5 nitrogen and oxygen atoms in total. The van der Waals surface area contributed by atoms with Gasteiger partial charge < -0.3 is 9.84 Å². The molecule has 3 aromatic rings. The predicted octanol–water partition coefficient (Wildman–Crippen LogP) is 3.88. The summed E-state index contributed by atoms with van der Waals surface area (Å²) < 4.78 is 6.07. The van der Waals surface area contributed by atoms with Crippen molar-refractivity contribution in [1.29, 1.82) is 0 Å². The van der Waals surface area contributed by atoms with Gasteiger partial charge in [-0.1, -0.05) is 30.3 Å². The molecule has 1 aliphatic rings. The SMILES string of the molecule is C[C@@H]1Oc2c(ccc3cccnc23)[C@H](C)N1C(=O)c1ccccc1O. The Morgan fingerprint density at radius 1 is 1.12 bits per heavy atom. The van der Waals surface area contributed by atoms with Gasteiger partial charge in [0.15, 0.2) is 12.0 Å². The van der Waals surface area contributed by atoms with Gasteiger partial charge in [0.1, 0.15) is 11.3 Å². The number of fused-ring (bicyclic) bond motifs is 3. The van der Waals surface area contributed by atoms with Gasteiger partial charge in [-0.3, -0.25) is 14.7 Å². The highest BCUT2D eigenvalue weighted by Gasteiger charge is 2.36. The van der Waals surface area contributed by atoms with Crippen molar-refractivity contribution in [2.45, 2.75) is 26.1 Å². The molecule has 2 aromatic carbocycles. The molecular weight excluding hydrogens is 316 g/mol. The third-order valence-corrected chi connectivity index (χ3v) is 4.68. The normalized spacial score (nSPS) is 19.4. The number of nitrogens with zero attached hydrogens (tertiary/aromatic N) is 2. The van der Waals surface area contributed by atoms with Gasteiger partial charge in [-0.2, -0.15) is 0 Å². The zero-order valence-corrected chi connectivity index (χ0v) is 14.0. The van der Waals surface area contributed by atoms with E-state index in [-0.39, 0.29) is 23.3 Å². The zero-order valence-electron chi connectivity index (χ0n) is 14.0. The second-order valence-electron chi connectivity index (χ2n) is 6.18. The molecule has 1 amide bonds. The van der Waals surface area contributed by atoms with Crippen LogP contribution in [0.5, 0.6) is 11.5 Å². The van der Waals surface area contributed by atoms with Crippen molar-refractivity contribution < 1.29 is 14.6 Å². The van der Waals surface area contributed by atoms with Crippen LogP contribution in [0.2, 0.25) is 0 Å². The van der Waals surface area contributed by atoms with Crippen molar-refractivity contribution in [1.82, 2.24) is 9.88 Å². The Balaban J connectivity index is 1.80. The Labute approximate surface area is 145 Å². The third kappa shape index (κ3) is 2.39. The lowest BCUT2D eigenvalue weighted by molar-refractivity contribution is -0.000923. The Hall–Kier alpha value is -3.08. The molecule has 2 atom stereocenters. The molecule has 0 unspecified atom stereocenters. The number of para-hydroxylation sites is 1. The maximum absolute atomic E-state index is 13.0. The molecule has 5 heteroatoms. The van der Waals surface area contributed by atoms with Crippen LogP contribution in [0.15, 0.2) is 54.7 Å². The van der Waals surface area contributed by atoms with E-state index < -0.39 is 6.23 Å². The molecule has 4 rings (SSSR count). The van der Waals surface area contributed by atoms with Crippen LogP contribution in [-0.4, -0.2) is 27.1 Å².